The lowest BCUT2D eigenvalue weighted by Gasteiger charge is -2.16. The van der Waals surface area contributed by atoms with E-state index in [1.54, 1.807) is 6.08 Å². The maximum Gasteiger partial charge on any atom is 0.252 e. The van der Waals surface area contributed by atoms with Crippen LogP contribution >= 0.6 is 11.6 Å². The molecule has 0 unspecified atom stereocenters. The van der Waals surface area contributed by atoms with Crippen LogP contribution in [0.25, 0.3) is 0 Å². The van der Waals surface area contributed by atoms with Crippen molar-refractivity contribution in [1.82, 2.24) is 0 Å². The highest BCUT2D eigenvalue weighted by molar-refractivity contribution is 6.67. The molecule has 0 bridgehead atoms. The molecule has 0 heterocycles. The van der Waals surface area contributed by atoms with Crippen molar-refractivity contribution < 1.29 is 9.53 Å². The summed E-state index contributed by atoms with van der Waals surface area (Å²) in [7, 11) is 0. The Balaban J connectivity index is 3.27. The zero-order valence-corrected chi connectivity index (χ0v) is 12.4. The second-order valence-corrected chi connectivity index (χ2v) is 4.84. The van der Waals surface area contributed by atoms with E-state index < -0.39 is 5.24 Å². The van der Waals surface area contributed by atoms with Gasteiger partial charge in [0.2, 0.25) is 0 Å². The van der Waals surface area contributed by atoms with Crippen molar-refractivity contribution in [2.45, 2.75) is 39.5 Å². The molecule has 1 rings (SSSR count). The van der Waals surface area contributed by atoms with Gasteiger partial charge in [0.1, 0.15) is 12.4 Å². The maximum atomic E-state index is 11.4. The molecule has 1 aromatic carbocycles. The Labute approximate surface area is 120 Å². The van der Waals surface area contributed by atoms with Gasteiger partial charge >= 0.3 is 0 Å². The van der Waals surface area contributed by atoms with Crippen LogP contribution in [-0.4, -0.2) is 11.8 Å². The third-order valence-electron chi connectivity index (χ3n) is 2.85. The molecule has 0 spiro atoms. The van der Waals surface area contributed by atoms with Gasteiger partial charge < -0.3 is 4.74 Å². The minimum Gasteiger partial charge on any atom is -0.489 e. The van der Waals surface area contributed by atoms with Gasteiger partial charge in [-0.25, -0.2) is 0 Å². The molecule has 2 nitrogen and oxygen atoms in total. The number of carbonyl (C=O) groups is 1. The number of hydrogen-bond donors (Lipinski definition) is 0. The molecule has 0 amide bonds. The van der Waals surface area contributed by atoms with Crippen LogP contribution in [0.3, 0.4) is 0 Å². The summed E-state index contributed by atoms with van der Waals surface area (Å²) in [6.07, 6.45) is 5.47. The summed E-state index contributed by atoms with van der Waals surface area (Å²) in [5, 5.41) is -0.412. The van der Waals surface area contributed by atoms with Gasteiger partial charge in [0.15, 0.2) is 0 Å². The highest BCUT2D eigenvalue weighted by Gasteiger charge is 2.14. The predicted octanol–water partition coefficient (Wildman–Crippen LogP) is 4.54. The number of hydrogen-bond acceptors (Lipinski definition) is 2. The lowest BCUT2D eigenvalue weighted by Crippen LogP contribution is -2.04. The van der Waals surface area contributed by atoms with Gasteiger partial charge in [-0.05, 0) is 47.7 Å². The van der Waals surface area contributed by atoms with Crippen molar-refractivity contribution in [2.75, 3.05) is 6.61 Å². The molecule has 0 saturated heterocycles. The summed E-state index contributed by atoms with van der Waals surface area (Å²) in [5.41, 5.74) is 2.66. The Morgan fingerprint density at radius 1 is 1.26 bits per heavy atom. The number of carbonyl (C=O) groups excluding carboxylic acids is 1. The second-order valence-electron chi connectivity index (χ2n) is 4.50. The lowest BCUT2D eigenvalue weighted by atomic mass is 9.98. The van der Waals surface area contributed by atoms with Crippen molar-refractivity contribution >= 4 is 16.8 Å². The number of ether oxygens (including phenoxy) is 1. The fourth-order valence-corrected chi connectivity index (χ4v) is 2.21. The number of aryl methyl sites for hydroxylation is 2. The molecule has 0 aliphatic rings. The van der Waals surface area contributed by atoms with Gasteiger partial charge in [-0.2, -0.15) is 0 Å². The zero-order valence-electron chi connectivity index (χ0n) is 11.7. The van der Waals surface area contributed by atoms with Gasteiger partial charge in [-0.1, -0.05) is 39.3 Å². The summed E-state index contributed by atoms with van der Waals surface area (Å²) in [4.78, 5) is 11.4. The Kier molecular flexibility index (Phi) is 6.65. The average molecular weight is 281 g/mol. The van der Waals surface area contributed by atoms with E-state index in [9.17, 15) is 4.79 Å². The minimum absolute atomic E-state index is 0.412. The first kappa shape index (κ1) is 15.8. The van der Waals surface area contributed by atoms with Crippen LogP contribution in [0.2, 0.25) is 0 Å². The molecule has 19 heavy (non-hydrogen) atoms. The standard InChI is InChI=1S/C16H21ClO2/c1-4-7-12-10-14(16(17)18)11-13(8-5-2)15(12)19-9-6-3/h6,10-11H,3-5,7-9H2,1-2H3. The van der Waals surface area contributed by atoms with Gasteiger partial charge in [-0.3, -0.25) is 4.79 Å². The van der Waals surface area contributed by atoms with Crippen LogP contribution in [0.15, 0.2) is 24.8 Å². The third kappa shape index (κ3) is 4.39. The molecule has 1 aromatic rings. The molecule has 0 atom stereocenters. The summed E-state index contributed by atoms with van der Waals surface area (Å²) < 4.78 is 5.78. The van der Waals surface area contributed by atoms with Crippen LogP contribution in [0.1, 0.15) is 48.2 Å². The summed E-state index contributed by atoms with van der Waals surface area (Å²) in [5.74, 6) is 0.894. The van der Waals surface area contributed by atoms with Crippen molar-refractivity contribution in [2.24, 2.45) is 0 Å². The highest BCUT2D eigenvalue weighted by atomic mass is 35.5. The molecule has 0 aromatic heterocycles. The Morgan fingerprint density at radius 3 is 2.16 bits per heavy atom. The molecule has 0 aliphatic carbocycles. The molecule has 0 fully saturated rings. The van der Waals surface area contributed by atoms with Crippen molar-refractivity contribution in [1.29, 1.82) is 0 Å². The van der Waals surface area contributed by atoms with Gasteiger partial charge in [-0.15, -0.1) is 0 Å². The van der Waals surface area contributed by atoms with E-state index in [4.69, 9.17) is 16.3 Å². The van der Waals surface area contributed by atoms with Gasteiger partial charge in [0.25, 0.3) is 5.24 Å². The van der Waals surface area contributed by atoms with E-state index >= 15 is 0 Å². The molecule has 3 heteroatoms. The monoisotopic (exact) mass is 280 g/mol. The van der Waals surface area contributed by atoms with E-state index in [1.807, 2.05) is 12.1 Å². The molecule has 0 radical (unpaired) electrons. The normalized spacial score (nSPS) is 10.3. The van der Waals surface area contributed by atoms with Crippen molar-refractivity contribution in [3.63, 3.8) is 0 Å². The van der Waals surface area contributed by atoms with Crippen LogP contribution in [-0.2, 0) is 12.8 Å². The Morgan fingerprint density at radius 2 is 1.79 bits per heavy atom. The summed E-state index contributed by atoms with van der Waals surface area (Å²) >= 11 is 5.61. The van der Waals surface area contributed by atoms with Crippen LogP contribution in [0, 0.1) is 0 Å². The quantitative estimate of drug-likeness (QED) is 0.516. The fraction of sp³-hybridized carbons (Fsp3) is 0.438. The Bertz CT molecular complexity index is 425. The average Bonchev–Trinajstić information content (AvgIpc) is 2.38. The SMILES string of the molecule is C=CCOc1c(CCC)cc(C(=O)Cl)cc1CCC. The first-order valence-corrected chi connectivity index (χ1v) is 7.11. The molecule has 0 aliphatic heterocycles. The smallest absolute Gasteiger partial charge is 0.252 e. The van der Waals surface area contributed by atoms with E-state index in [2.05, 4.69) is 20.4 Å². The van der Waals surface area contributed by atoms with E-state index in [1.165, 1.54) is 0 Å². The topological polar surface area (TPSA) is 26.3 Å². The van der Waals surface area contributed by atoms with Crippen molar-refractivity contribution in [3.05, 3.63) is 41.5 Å². The first-order chi connectivity index (χ1) is 9.13. The summed E-state index contributed by atoms with van der Waals surface area (Å²) in [6, 6.07) is 3.69. The minimum atomic E-state index is -0.412. The third-order valence-corrected chi connectivity index (χ3v) is 3.07. The van der Waals surface area contributed by atoms with Crippen LogP contribution in [0.5, 0.6) is 5.75 Å². The second kappa shape index (κ2) is 8.00. The zero-order chi connectivity index (χ0) is 14.3. The van der Waals surface area contributed by atoms with Gasteiger partial charge in [0, 0.05) is 5.56 Å². The van der Waals surface area contributed by atoms with Crippen LogP contribution < -0.4 is 4.74 Å². The largest absolute Gasteiger partial charge is 0.489 e. The van der Waals surface area contributed by atoms with E-state index in [0.717, 1.165) is 42.6 Å². The Hall–Kier alpha value is -1.28. The molecule has 0 N–H and O–H groups in total. The van der Waals surface area contributed by atoms with Gasteiger partial charge in [0.05, 0.1) is 0 Å². The summed E-state index contributed by atoms with van der Waals surface area (Å²) in [6.45, 7) is 8.35. The predicted molar refractivity (Wildman–Crippen MR) is 80.3 cm³/mol. The van der Waals surface area contributed by atoms with Crippen LogP contribution in [0.4, 0.5) is 0 Å². The number of halogens is 1. The molecular formula is C16H21ClO2. The number of benzene rings is 1. The fourth-order valence-electron chi connectivity index (χ4n) is 2.11. The highest BCUT2D eigenvalue weighted by Crippen LogP contribution is 2.29. The first-order valence-electron chi connectivity index (χ1n) is 6.73. The molecular weight excluding hydrogens is 260 g/mol. The maximum absolute atomic E-state index is 11.4. The van der Waals surface area contributed by atoms with E-state index in [0.29, 0.717) is 12.2 Å². The molecule has 104 valence electrons. The number of rotatable bonds is 8. The lowest BCUT2D eigenvalue weighted by molar-refractivity contribution is 0.108. The van der Waals surface area contributed by atoms with E-state index in [-0.39, 0.29) is 0 Å². The van der Waals surface area contributed by atoms with Crippen molar-refractivity contribution in [3.8, 4) is 5.75 Å². The molecule has 0 saturated carbocycles.